The Bertz CT molecular complexity index is 577. The summed E-state index contributed by atoms with van der Waals surface area (Å²) in [4.78, 5) is 10.6. The van der Waals surface area contributed by atoms with E-state index in [9.17, 15) is 4.79 Å². The lowest BCUT2D eigenvalue weighted by Gasteiger charge is -2.19. The Kier molecular flexibility index (Phi) is 3.42. The summed E-state index contributed by atoms with van der Waals surface area (Å²) in [6.07, 6.45) is 3.34. The van der Waals surface area contributed by atoms with E-state index in [0.29, 0.717) is 5.56 Å². The second kappa shape index (κ2) is 4.88. The molecule has 0 aliphatic rings. The minimum Gasteiger partial charge on any atom is -0.481 e. The third kappa shape index (κ3) is 3.22. The van der Waals surface area contributed by atoms with Crippen LogP contribution < -0.4 is 0 Å². The maximum absolute atomic E-state index is 10.6. The third-order valence-corrected chi connectivity index (χ3v) is 2.99. The Hall–Kier alpha value is -2.10. The minimum atomic E-state index is -0.845. The number of carboxylic acid groups (broad SMARTS) is 1. The van der Waals surface area contributed by atoms with Crippen LogP contribution in [0.25, 0.3) is 5.69 Å². The van der Waals surface area contributed by atoms with Gasteiger partial charge in [0.05, 0.1) is 18.3 Å². The number of carbonyl (C=O) groups is 1. The molecule has 2 rings (SSSR count). The third-order valence-electron chi connectivity index (χ3n) is 2.99. The molecule has 0 fully saturated rings. The van der Waals surface area contributed by atoms with Crippen LogP contribution in [-0.2, 0) is 16.6 Å². The highest BCUT2D eigenvalue weighted by Gasteiger charge is 2.13. The van der Waals surface area contributed by atoms with Crippen LogP contribution in [0.4, 0.5) is 0 Å². The molecule has 1 aromatic heterocycles. The average Bonchev–Trinajstić information content (AvgIpc) is 2.75. The first kappa shape index (κ1) is 13.3. The summed E-state index contributed by atoms with van der Waals surface area (Å²) in [6, 6.07) is 8.15. The molecule has 4 nitrogen and oxygen atoms in total. The van der Waals surface area contributed by atoms with E-state index in [1.807, 2.05) is 12.1 Å². The zero-order valence-corrected chi connectivity index (χ0v) is 11.4. The Morgan fingerprint density at radius 2 is 1.89 bits per heavy atom. The maximum atomic E-state index is 10.6. The molecule has 19 heavy (non-hydrogen) atoms. The van der Waals surface area contributed by atoms with Gasteiger partial charge in [-0.1, -0.05) is 32.9 Å². The van der Waals surface area contributed by atoms with Crippen molar-refractivity contribution in [3.8, 4) is 5.69 Å². The van der Waals surface area contributed by atoms with Crippen molar-refractivity contribution in [2.45, 2.75) is 32.6 Å². The number of benzene rings is 1. The molecule has 0 radical (unpaired) electrons. The minimum absolute atomic E-state index is 0.0000741. The van der Waals surface area contributed by atoms with Gasteiger partial charge in [-0.05, 0) is 23.1 Å². The number of hydrogen-bond donors (Lipinski definition) is 1. The van der Waals surface area contributed by atoms with Crippen molar-refractivity contribution in [3.63, 3.8) is 0 Å². The average molecular weight is 258 g/mol. The number of aliphatic carboxylic acids is 1. The van der Waals surface area contributed by atoms with Crippen LogP contribution in [-0.4, -0.2) is 20.9 Å². The van der Waals surface area contributed by atoms with Gasteiger partial charge in [-0.3, -0.25) is 4.79 Å². The van der Waals surface area contributed by atoms with Gasteiger partial charge in [0.2, 0.25) is 0 Å². The van der Waals surface area contributed by atoms with E-state index in [1.54, 1.807) is 17.1 Å². The largest absolute Gasteiger partial charge is 0.481 e. The molecule has 0 amide bonds. The highest BCUT2D eigenvalue weighted by Crippen LogP contribution is 2.23. The first-order chi connectivity index (χ1) is 8.86. The first-order valence-corrected chi connectivity index (χ1v) is 6.22. The molecular weight excluding hydrogens is 240 g/mol. The van der Waals surface area contributed by atoms with Crippen LogP contribution in [0.2, 0.25) is 0 Å². The lowest BCUT2D eigenvalue weighted by Crippen LogP contribution is -2.10. The lowest BCUT2D eigenvalue weighted by molar-refractivity contribution is -0.136. The highest BCUT2D eigenvalue weighted by atomic mass is 16.4. The van der Waals surface area contributed by atoms with Crippen molar-refractivity contribution in [1.82, 2.24) is 9.78 Å². The Morgan fingerprint density at radius 3 is 2.42 bits per heavy atom. The SMILES string of the molecule is CC(C)(C)c1ccc(-n2cc(CC(=O)O)cn2)cc1. The highest BCUT2D eigenvalue weighted by molar-refractivity contribution is 5.69. The fraction of sp³-hybridized carbons (Fsp3) is 0.333. The molecule has 0 unspecified atom stereocenters. The number of rotatable bonds is 3. The molecule has 1 heterocycles. The van der Waals surface area contributed by atoms with Gasteiger partial charge in [0, 0.05) is 11.8 Å². The van der Waals surface area contributed by atoms with E-state index < -0.39 is 5.97 Å². The summed E-state index contributed by atoms with van der Waals surface area (Å²) in [5, 5.41) is 12.9. The molecule has 0 saturated heterocycles. The zero-order valence-electron chi connectivity index (χ0n) is 11.4. The van der Waals surface area contributed by atoms with Gasteiger partial charge in [0.1, 0.15) is 0 Å². The van der Waals surface area contributed by atoms with Crippen LogP contribution >= 0.6 is 0 Å². The van der Waals surface area contributed by atoms with Crippen molar-refractivity contribution in [1.29, 1.82) is 0 Å². The summed E-state index contributed by atoms with van der Waals surface area (Å²) >= 11 is 0. The summed E-state index contributed by atoms with van der Waals surface area (Å²) in [5.74, 6) is -0.845. The second-order valence-corrected chi connectivity index (χ2v) is 5.66. The van der Waals surface area contributed by atoms with Gasteiger partial charge < -0.3 is 5.11 Å². The van der Waals surface area contributed by atoms with Gasteiger partial charge in [-0.2, -0.15) is 5.10 Å². The molecule has 100 valence electrons. The molecule has 1 N–H and O–H groups in total. The second-order valence-electron chi connectivity index (χ2n) is 5.66. The molecule has 0 aliphatic carbocycles. The van der Waals surface area contributed by atoms with E-state index in [1.165, 1.54) is 5.56 Å². The van der Waals surface area contributed by atoms with Crippen LogP contribution in [0.15, 0.2) is 36.7 Å². The van der Waals surface area contributed by atoms with E-state index in [0.717, 1.165) is 5.69 Å². The van der Waals surface area contributed by atoms with Crippen LogP contribution in [0.1, 0.15) is 31.9 Å². The molecule has 0 atom stereocenters. The monoisotopic (exact) mass is 258 g/mol. The zero-order chi connectivity index (χ0) is 14.0. The van der Waals surface area contributed by atoms with E-state index in [2.05, 4.69) is 38.0 Å². The summed E-state index contributed by atoms with van der Waals surface area (Å²) in [6.45, 7) is 6.50. The maximum Gasteiger partial charge on any atom is 0.307 e. The van der Waals surface area contributed by atoms with Gasteiger partial charge in [0.25, 0.3) is 0 Å². The first-order valence-electron chi connectivity index (χ1n) is 6.22. The van der Waals surface area contributed by atoms with Gasteiger partial charge in [-0.25, -0.2) is 4.68 Å². The molecule has 0 bridgehead atoms. The normalized spacial score (nSPS) is 11.5. The fourth-order valence-corrected chi connectivity index (χ4v) is 1.88. The van der Waals surface area contributed by atoms with Crippen molar-refractivity contribution >= 4 is 5.97 Å². The van der Waals surface area contributed by atoms with Crippen LogP contribution in [0, 0.1) is 0 Å². The van der Waals surface area contributed by atoms with Gasteiger partial charge >= 0.3 is 5.97 Å². The van der Waals surface area contributed by atoms with Crippen molar-refractivity contribution in [3.05, 3.63) is 47.8 Å². The smallest absolute Gasteiger partial charge is 0.307 e. The topological polar surface area (TPSA) is 55.1 Å². The summed E-state index contributed by atoms with van der Waals surface area (Å²) in [5.41, 5.74) is 3.02. The van der Waals surface area contributed by atoms with Crippen LogP contribution in [0.3, 0.4) is 0 Å². The van der Waals surface area contributed by atoms with E-state index in [4.69, 9.17) is 5.11 Å². The van der Waals surface area contributed by atoms with Crippen LogP contribution in [0.5, 0.6) is 0 Å². The fourth-order valence-electron chi connectivity index (χ4n) is 1.88. The molecule has 0 aliphatic heterocycles. The van der Waals surface area contributed by atoms with Crippen molar-refractivity contribution in [2.24, 2.45) is 0 Å². The summed E-state index contributed by atoms with van der Waals surface area (Å²) < 4.78 is 1.70. The lowest BCUT2D eigenvalue weighted by atomic mass is 9.87. The van der Waals surface area contributed by atoms with Gasteiger partial charge in [0.15, 0.2) is 0 Å². The molecule has 4 heteroatoms. The summed E-state index contributed by atoms with van der Waals surface area (Å²) in [7, 11) is 0. The number of aromatic nitrogens is 2. The van der Waals surface area contributed by atoms with Crippen molar-refractivity contribution < 1.29 is 9.90 Å². The quantitative estimate of drug-likeness (QED) is 0.921. The number of hydrogen-bond acceptors (Lipinski definition) is 2. The molecule has 1 aromatic carbocycles. The predicted octanol–water partition coefficient (Wildman–Crippen LogP) is 2.80. The number of carboxylic acids is 1. The van der Waals surface area contributed by atoms with E-state index in [-0.39, 0.29) is 11.8 Å². The molecule has 0 saturated carbocycles. The Balaban J connectivity index is 2.23. The van der Waals surface area contributed by atoms with E-state index >= 15 is 0 Å². The standard InChI is InChI=1S/C15H18N2O2/c1-15(2,3)12-4-6-13(7-5-12)17-10-11(9-16-17)8-14(18)19/h4-7,9-10H,8H2,1-3H3,(H,18,19). The van der Waals surface area contributed by atoms with Gasteiger partial charge in [-0.15, -0.1) is 0 Å². The predicted molar refractivity (Wildman–Crippen MR) is 73.6 cm³/mol. The molecule has 0 spiro atoms. The Morgan fingerprint density at radius 1 is 1.26 bits per heavy atom. The number of nitrogens with zero attached hydrogens (tertiary/aromatic N) is 2. The van der Waals surface area contributed by atoms with Crippen molar-refractivity contribution in [2.75, 3.05) is 0 Å². The molecule has 2 aromatic rings. The Labute approximate surface area is 112 Å². The molecular formula is C15H18N2O2.